The Morgan fingerprint density at radius 1 is 1.54 bits per heavy atom. The van der Waals surface area contributed by atoms with E-state index in [4.69, 9.17) is 5.73 Å². The number of piperazine rings is 1. The quantitative estimate of drug-likeness (QED) is 0.645. The number of nitrogens with two attached hydrogens (primary N) is 1. The van der Waals surface area contributed by atoms with E-state index in [0.29, 0.717) is 13.1 Å². The molecule has 0 aliphatic carbocycles. The number of amides is 1. The Morgan fingerprint density at radius 2 is 2.23 bits per heavy atom. The molecule has 2 N–H and O–H groups in total. The number of hydrogen-bond acceptors (Lipinski definition) is 3. The first kappa shape index (κ1) is 10.5. The number of rotatable bonds is 3. The van der Waals surface area contributed by atoms with Crippen molar-refractivity contribution in [2.45, 2.75) is 19.9 Å². The van der Waals surface area contributed by atoms with Crippen LogP contribution in [-0.2, 0) is 4.79 Å². The highest BCUT2D eigenvalue weighted by atomic mass is 16.2. The summed E-state index contributed by atoms with van der Waals surface area (Å²) in [6.07, 6.45) is 0. The third-order valence-corrected chi connectivity index (χ3v) is 2.66. The Labute approximate surface area is 79.7 Å². The molecule has 0 spiro atoms. The molecule has 1 atom stereocenters. The molecule has 13 heavy (non-hydrogen) atoms. The van der Waals surface area contributed by atoms with E-state index in [1.54, 1.807) is 0 Å². The highest BCUT2D eigenvalue weighted by molar-refractivity contribution is 5.79. The molecule has 1 heterocycles. The van der Waals surface area contributed by atoms with E-state index in [-0.39, 0.29) is 11.9 Å². The SMILES string of the molecule is CCN1CCN(C(C)CN)C(=O)C1. The smallest absolute Gasteiger partial charge is 0.237 e. The Hall–Kier alpha value is -0.610. The van der Waals surface area contributed by atoms with Crippen LogP contribution in [0.3, 0.4) is 0 Å². The largest absolute Gasteiger partial charge is 0.336 e. The fourth-order valence-corrected chi connectivity index (χ4v) is 1.60. The average Bonchev–Trinajstić information content (AvgIpc) is 2.16. The predicted octanol–water partition coefficient (Wildman–Crippen LogP) is -0.502. The van der Waals surface area contributed by atoms with E-state index in [1.165, 1.54) is 0 Å². The van der Waals surface area contributed by atoms with E-state index >= 15 is 0 Å². The summed E-state index contributed by atoms with van der Waals surface area (Å²) in [5.74, 6) is 0.214. The lowest BCUT2D eigenvalue weighted by Gasteiger charge is -2.36. The fourth-order valence-electron chi connectivity index (χ4n) is 1.60. The summed E-state index contributed by atoms with van der Waals surface area (Å²) in [6, 6.07) is 0.187. The van der Waals surface area contributed by atoms with Gasteiger partial charge in [-0.2, -0.15) is 0 Å². The van der Waals surface area contributed by atoms with Gasteiger partial charge in [0.05, 0.1) is 6.54 Å². The molecule has 76 valence electrons. The molecule has 1 aliphatic heterocycles. The van der Waals surface area contributed by atoms with Crippen molar-refractivity contribution in [2.24, 2.45) is 5.73 Å². The molecule has 1 amide bonds. The van der Waals surface area contributed by atoms with Gasteiger partial charge in [0.25, 0.3) is 0 Å². The normalized spacial score (nSPS) is 22.1. The molecule has 0 aromatic carbocycles. The van der Waals surface area contributed by atoms with Gasteiger partial charge in [-0.25, -0.2) is 0 Å². The van der Waals surface area contributed by atoms with Crippen LogP contribution in [0.4, 0.5) is 0 Å². The second kappa shape index (κ2) is 4.58. The van der Waals surface area contributed by atoms with E-state index in [9.17, 15) is 4.79 Å². The Balaban J connectivity index is 2.48. The first-order valence-electron chi connectivity index (χ1n) is 4.91. The number of likely N-dealkylation sites (N-methyl/N-ethyl adjacent to an activating group) is 1. The minimum absolute atomic E-state index is 0.187. The van der Waals surface area contributed by atoms with E-state index in [1.807, 2.05) is 11.8 Å². The minimum Gasteiger partial charge on any atom is -0.336 e. The van der Waals surface area contributed by atoms with Crippen LogP contribution >= 0.6 is 0 Å². The summed E-state index contributed by atoms with van der Waals surface area (Å²) >= 11 is 0. The molecule has 0 radical (unpaired) electrons. The topological polar surface area (TPSA) is 49.6 Å². The molecule has 0 aromatic rings. The molecular formula is C9H19N3O. The van der Waals surface area contributed by atoms with Crippen molar-refractivity contribution in [1.82, 2.24) is 9.80 Å². The third-order valence-electron chi connectivity index (χ3n) is 2.66. The fraction of sp³-hybridized carbons (Fsp3) is 0.889. The standard InChI is InChI=1S/C9H19N3O/c1-3-11-4-5-12(8(2)6-10)9(13)7-11/h8H,3-7,10H2,1-2H3. The van der Waals surface area contributed by atoms with Crippen LogP contribution in [-0.4, -0.2) is 54.5 Å². The summed E-state index contributed by atoms with van der Waals surface area (Å²) < 4.78 is 0. The van der Waals surface area contributed by atoms with Crippen LogP contribution in [0.2, 0.25) is 0 Å². The summed E-state index contributed by atoms with van der Waals surface area (Å²) in [6.45, 7) is 7.95. The van der Waals surface area contributed by atoms with Crippen LogP contribution in [0.5, 0.6) is 0 Å². The monoisotopic (exact) mass is 185 g/mol. The van der Waals surface area contributed by atoms with Gasteiger partial charge in [0.1, 0.15) is 0 Å². The van der Waals surface area contributed by atoms with Crippen LogP contribution in [0, 0.1) is 0 Å². The minimum atomic E-state index is 0.187. The van der Waals surface area contributed by atoms with Gasteiger partial charge < -0.3 is 10.6 Å². The lowest BCUT2D eigenvalue weighted by molar-refractivity contribution is -0.137. The van der Waals surface area contributed by atoms with Crippen molar-refractivity contribution in [1.29, 1.82) is 0 Å². The van der Waals surface area contributed by atoms with E-state index in [2.05, 4.69) is 11.8 Å². The van der Waals surface area contributed by atoms with Crippen LogP contribution < -0.4 is 5.73 Å². The molecule has 1 saturated heterocycles. The van der Waals surface area contributed by atoms with Gasteiger partial charge in [0, 0.05) is 25.7 Å². The number of nitrogens with zero attached hydrogens (tertiary/aromatic N) is 2. The Morgan fingerprint density at radius 3 is 2.69 bits per heavy atom. The Kier molecular flexibility index (Phi) is 3.69. The summed E-state index contributed by atoms with van der Waals surface area (Å²) in [4.78, 5) is 15.6. The van der Waals surface area contributed by atoms with Crippen molar-refractivity contribution in [3.63, 3.8) is 0 Å². The van der Waals surface area contributed by atoms with Gasteiger partial charge in [-0.05, 0) is 13.5 Å². The second-order valence-electron chi connectivity index (χ2n) is 3.54. The summed E-state index contributed by atoms with van der Waals surface area (Å²) in [5.41, 5.74) is 5.52. The average molecular weight is 185 g/mol. The van der Waals surface area contributed by atoms with Crippen LogP contribution in [0.15, 0.2) is 0 Å². The highest BCUT2D eigenvalue weighted by Crippen LogP contribution is 2.06. The summed E-state index contributed by atoms with van der Waals surface area (Å²) in [7, 11) is 0. The van der Waals surface area contributed by atoms with Gasteiger partial charge in [0.2, 0.25) is 5.91 Å². The molecule has 1 unspecified atom stereocenters. The maximum Gasteiger partial charge on any atom is 0.237 e. The van der Waals surface area contributed by atoms with Gasteiger partial charge in [0.15, 0.2) is 0 Å². The number of hydrogen-bond donors (Lipinski definition) is 1. The molecular weight excluding hydrogens is 166 g/mol. The van der Waals surface area contributed by atoms with Crippen molar-refractivity contribution in [2.75, 3.05) is 32.7 Å². The lowest BCUT2D eigenvalue weighted by Crippen LogP contribution is -2.54. The van der Waals surface area contributed by atoms with Crippen molar-refractivity contribution < 1.29 is 4.79 Å². The summed E-state index contributed by atoms with van der Waals surface area (Å²) in [5, 5.41) is 0. The molecule has 4 nitrogen and oxygen atoms in total. The van der Waals surface area contributed by atoms with E-state index < -0.39 is 0 Å². The molecule has 1 fully saturated rings. The van der Waals surface area contributed by atoms with Crippen LogP contribution in [0.25, 0.3) is 0 Å². The molecule has 1 rings (SSSR count). The second-order valence-corrected chi connectivity index (χ2v) is 3.54. The Bertz CT molecular complexity index is 184. The van der Waals surface area contributed by atoms with Crippen molar-refractivity contribution >= 4 is 5.91 Å². The maximum atomic E-state index is 11.6. The zero-order chi connectivity index (χ0) is 9.84. The van der Waals surface area contributed by atoms with Crippen LogP contribution in [0.1, 0.15) is 13.8 Å². The van der Waals surface area contributed by atoms with Crippen molar-refractivity contribution in [3.05, 3.63) is 0 Å². The van der Waals surface area contributed by atoms with Gasteiger partial charge in [-0.1, -0.05) is 6.92 Å². The molecule has 4 heteroatoms. The van der Waals surface area contributed by atoms with Gasteiger partial charge in [-0.15, -0.1) is 0 Å². The zero-order valence-corrected chi connectivity index (χ0v) is 8.49. The van der Waals surface area contributed by atoms with Gasteiger partial charge >= 0.3 is 0 Å². The molecule has 0 bridgehead atoms. The molecule has 1 aliphatic rings. The first-order valence-corrected chi connectivity index (χ1v) is 4.91. The van der Waals surface area contributed by atoms with Crippen molar-refractivity contribution in [3.8, 4) is 0 Å². The lowest BCUT2D eigenvalue weighted by atomic mass is 10.2. The highest BCUT2D eigenvalue weighted by Gasteiger charge is 2.25. The maximum absolute atomic E-state index is 11.6. The number of carbonyl (C=O) groups excluding carboxylic acids is 1. The predicted molar refractivity (Wildman–Crippen MR) is 52.3 cm³/mol. The third kappa shape index (κ3) is 2.42. The number of carbonyl (C=O) groups is 1. The van der Waals surface area contributed by atoms with Gasteiger partial charge in [-0.3, -0.25) is 9.69 Å². The molecule has 0 saturated carbocycles. The van der Waals surface area contributed by atoms with E-state index in [0.717, 1.165) is 19.6 Å². The first-order chi connectivity index (χ1) is 6.19. The molecule has 0 aromatic heterocycles. The zero-order valence-electron chi connectivity index (χ0n) is 8.49.